The second-order valence-electron chi connectivity index (χ2n) is 17.9. The summed E-state index contributed by atoms with van der Waals surface area (Å²) in [5, 5.41) is 0. The fourth-order valence-corrected chi connectivity index (χ4v) is 11.7. The molecule has 0 heterocycles. The van der Waals surface area contributed by atoms with E-state index in [9.17, 15) is 0 Å². The van der Waals surface area contributed by atoms with Crippen molar-refractivity contribution in [3.63, 3.8) is 0 Å². The van der Waals surface area contributed by atoms with Crippen LogP contribution in [0.2, 0.25) is 0 Å². The molecule has 47 heavy (non-hydrogen) atoms. The molecule has 7 rings (SSSR count). The Morgan fingerprint density at radius 3 is 1.55 bits per heavy atom. The molecule has 0 amide bonds. The molecule has 0 radical (unpaired) electrons. The Morgan fingerprint density at radius 2 is 0.979 bits per heavy atom. The van der Waals surface area contributed by atoms with Crippen LogP contribution in [-0.2, 0) is 4.74 Å². The summed E-state index contributed by atoms with van der Waals surface area (Å²) >= 11 is 0. The van der Waals surface area contributed by atoms with Crippen LogP contribution in [0.15, 0.2) is 54.6 Å². The number of hydrogen-bond donors (Lipinski definition) is 0. The largest absolute Gasteiger partial charge is 0.371 e. The van der Waals surface area contributed by atoms with E-state index in [1.54, 1.807) is 0 Å². The first kappa shape index (κ1) is 34.1. The van der Waals surface area contributed by atoms with Crippen molar-refractivity contribution in [1.29, 1.82) is 0 Å². The van der Waals surface area contributed by atoms with Gasteiger partial charge in [0.15, 0.2) is 0 Å². The van der Waals surface area contributed by atoms with E-state index < -0.39 is 0 Å². The summed E-state index contributed by atoms with van der Waals surface area (Å²) in [4.78, 5) is 0. The van der Waals surface area contributed by atoms with Crippen molar-refractivity contribution in [1.82, 2.24) is 0 Å². The quantitative estimate of drug-likeness (QED) is 0.275. The lowest BCUT2D eigenvalue weighted by Gasteiger charge is -2.44. The predicted molar refractivity (Wildman–Crippen MR) is 199 cm³/mol. The molecule has 0 N–H and O–H groups in total. The highest BCUT2D eigenvalue weighted by atomic mass is 16.5. The van der Waals surface area contributed by atoms with Crippen molar-refractivity contribution in [3.8, 4) is 0 Å². The van der Waals surface area contributed by atoms with Gasteiger partial charge in [-0.15, -0.1) is 0 Å². The number of rotatable bonds is 8. The van der Waals surface area contributed by atoms with Crippen LogP contribution in [0.25, 0.3) is 0 Å². The van der Waals surface area contributed by atoms with E-state index in [-0.39, 0.29) is 5.60 Å². The standard InChI is InChI=1S/C46H70O/c1-3-9-15-21-37(22-16-10-4-1)40-28-27-36(29-40)34-46(47-44-32-42(33-44)39-25-19-13-7-8-14-20-26-39)35-45(46)43-30-41(31-43)38-23-17-11-5-2-6-12-18-24-38/h2,5-6,11-12,17-18,23-24,36-37,39-45H,1,3-4,7-10,13-16,19-22,25-35H2. The van der Waals surface area contributed by atoms with Crippen LogP contribution in [0.4, 0.5) is 0 Å². The third kappa shape index (κ3) is 9.27. The molecule has 4 unspecified atom stereocenters. The van der Waals surface area contributed by atoms with Gasteiger partial charge in [-0.1, -0.05) is 170 Å². The van der Waals surface area contributed by atoms with Gasteiger partial charge in [-0.3, -0.25) is 0 Å². The van der Waals surface area contributed by atoms with Gasteiger partial charge in [0.25, 0.3) is 0 Å². The van der Waals surface area contributed by atoms with Crippen molar-refractivity contribution in [2.75, 3.05) is 0 Å². The van der Waals surface area contributed by atoms with Gasteiger partial charge in [0, 0.05) is 0 Å². The van der Waals surface area contributed by atoms with Crippen molar-refractivity contribution >= 4 is 0 Å². The molecule has 0 spiro atoms. The topological polar surface area (TPSA) is 9.23 Å². The van der Waals surface area contributed by atoms with Crippen LogP contribution < -0.4 is 0 Å². The van der Waals surface area contributed by atoms with Crippen molar-refractivity contribution in [2.24, 2.45) is 41.4 Å². The molecule has 0 aromatic heterocycles. The molecule has 6 aliphatic rings. The van der Waals surface area contributed by atoms with E-state index in [0.717, 1.165) is 47.3 Å². The molecule has 4 atom stereocenters. The van der Waals surface area contributed by atoms with Crippen molar-refractivity contribution < 1.29 is 4.74 Å². The number of hydrogen-bond acceptors (Lipinski definition) is 1. The Hall–Kier alpha value is -1.34. The molecule has 6 fully saturated rings. The summed E-state index contributed by atoms with van der Waals surface area (Å²) in [5.41, 5.74) is 1.76. The van der Waals surface area contributed by atoms with E-state index in [1.807, 2.05) is 0 Å². The zero-order valence-electron chi connectivity index (χ0n) is 30.2. The normalized spacial score (nSPS) is 37.7. The smallest absolute Gasteiger partial charge is 0.0724 e. The molecule has 1 aromatic rings. The third-order valence-electron chi connectivity index (χ3n) is 14.7. The Bertz CT molecular complexity index is 1080. The lowest BCUT2D eigenvalue weighted by molar-refractivity contribution is -0.120. The zero-order chi connectivity index (χ0) is 31.7. The SMILES string of the molecule is c1ccccc(C2CC(C3CC3(CC3CCC(C4CCCCCCCCC4)C3)OC3CC(C4CCCCCCCC4)C3)C2)cccc1. The van der Waals surface area contributed by atoms with Gasteiger partial charge in [-0.25, -0.2) is 0 Å². The molecule has 1 nitrogen and oxygen atoms in total. The third-order valence-corrected chi connectivity index (χ3v) is 14.7. The van der Waals surface area contributed by atoms with E-state index >= 15 is 0 Å². The highest BCUT2D eigenvalue weighted by molar-refractivity contribution is 5.23. The van der Waals surface area contributed by atoms with Crippen LogP contribution in [0.5, 0.6) is 0 Å². The second kappa shape index (κ2) is 17.1. The first-order valence-electron chi connectivity index (χ1n) is 21.3. The van der Waals surface area contributed by atoms with Crippen LogP contribution in [0.3, 0.4) is 0 Å². The average Bonchev–Trinajstić information content (AvgIpc) is 3.46. The minimum absolute atomic E-state index is 0.230. The van der Waals surface area contributed by atoms with Crippen LogP contribution >= 0.6 is 0 Å². The molecule has 0 aliphatic heterocycles. The van der Waals surface area contributed by atoms with Crippen molar-refractivity contribution in [3.05, 3.63) is 60.2 Å². The highest BCUT2D eigenvalue weighted by Gasteiger charge is 2.62. The van der Waals surface area contributed by atoms with E-state index in [0.29, 0.717) is 6.10 Å². The zero-order valence-corrected chi connectivity index (χ0v) is 30.2. The minimum atomic E-state index is 0.230. The molecule has 6 aliphatic carbocycles. The predicted octanol–water partition coefficient (Wildman–Crippen LogP) is 13.6. The van der Waals surface area contributed by atoms with Gasteiger partial charge in [0.1, 0.15) is 0 Å². The first-order valence-corrected chi connectivity index (χ1v) is 21.3. The van der Waals surface area contributed by atoms with Gasteiger partial charge < -0.3 is 4.74 Å². The van der Waals surface area contributed by atoms with Crippen LogP contribution in [-0.4, -0.2) is 11.7 Å². The maximum Gasteiger partial charge on any atom is 0.0724 e. The summed E-state index contributed by atoms with van der Waals surface area (Å²) in [6.45, 7) is 0. The fourth-order valence-electron chi connectivity index (χ4n) is 11.7. The molecule has 0 saturated heterocycles. The lowest BCUT2D eigenvalue weighted by atomic mass is 9.68. The minimum Gasteiger partial charge on any atom is -0.371 e. The highest BCUT2D eigenvalue weighted by Crippen LogP contribution is 2.64. The van der Waals surface area contributed by atoms with Gasteiger partial charge in [-0.05, 0) is 104 Å². The van der Waals surface area contributed by atoms with Gasteiger partial charge in [-0.2, -0.15) is 0 Å². The van der Waals surface area contributed by atoms with Gasteiger partial charge in [0.2, 0.25) is 0 Å². The summed E-state index contributed by atoms with van der Waals surface area (Å²) in [5.74, 6) is 7.37. The maximum atomic E-state index is 7.46. The molecule has 260 valence electrons. The summed E-state index contributed by atoms with van der Waals surface area (Å²) < 4.78 is 7.46. The molecule has 1 aromatic carbocycles. The van der Waals surface area contributed by atoms with E-state index in [4.69, 9.17) is 4.74 Å². The Morgan fingerprint density at radius 1 is 0.468 bits per heavy atom. The molecule has 0 bridgehead atoms. The molecular formula is C46H70O. The summed E-state index contributed by atoms with van der Waals surface area (Å²) in [7, 11) is 0. The van der Waals surface area contributed by atoms with Gasteiger partial charge >= 0.3 is 0 Å². The monoisotopic (exact) mass is 639 g/mol. The van der Waals surface area contributed by atoms with Crippen molar-refractivity contribution in [2.45, 2.75) is 185 Å². The Balaban J connectivity index is 0.974. The Kier molecular flexibility index (Phi) is 12.4. The van der Waals surface area contributed by atoms with Crippen LogP contribution in [0.1, 0.15) is 178 Å². The first-order chi connectivity index (χ1) is 23.3. The van der Waals surface area contributed by atoms with E-state index in [2.05, 4.69) is 54.6 Å². The maximum absolute atomic E-state index is 7.46. The summed E-state index contributed by atoms with van der Waals surface area (Å²) in [6, 6.07) is 20.0. The summed E-state index contributed by atoms with van der Waals surface area (Å²) in [6.07, 6.45) is 38.8. The van der Waals surface area contributed by atoms with Crippen LogP contribution in [0, 0.1) is 41.4 Å². The molecule has 6 saturated carbocycles. The Labute approximate surface area is 290 Å². The lowest BCUT2D eigenvalue weighted by Crippen LogP contribution is -2.41. The fraction of sp³-hybridized carbons (Fsp3) is 0.783. The van der Waals surface area contributed by atoms with E-state index in [1.165, 1.54) is 173 Å². The molecule has 1 heteroatoms. The second-order valence-corrected chi connectivity index (χ2v) is 17.9. The van der Waals surface area contributed by atoms with Gasteiger partial charge in [0.05, 0.1) is 11.7 Å². The number of ether oxygens (including phenoxy) is 1. The average molecular weight is 639 g/mol. The molecular weight excluding hydrogens is 569 g/mol.